The van der Waals surface area contributed by atoms with Crippen LogP contribution in [-0.4, -0.2) is 47.5 Å². The lowest BCUT2D eigenvalue weighted by molar-refractivity contribution is 0.145. The summed E-state index contributed by atoms with van der Waals surface area (Å²) in [6.45, 7) is 6.77. The van der Waals surface area contributed by atoms with Gasteiger partial charge in [0.15, 0.2) is 15.8 Å². The first-order chi connectivity index (χ1) is 14.3. The van der Waals surface area contributed by atoms with Gasteiger partial charge in [-0.25, -0.2) is 13.4 Å². The van der Waals surface area contributed by atoms with Gasteiger partial charge in [0.1, 0.15) is 12.4 Å². The molecule has 0 saturated carbocycles. The molecule has 0 fully saturated rings. The largest absolute Gasteiger partial charge is 0.491 e. The van der Waals surface area contributed by atoms with Crippen molar-refractivity contribution in [3.8, 4) is 5.75 Å². The summed E-state index contributed by atoms with van der Waals surface area (Å²) in [5.74, 6) is 1.50. The van der Waals surface area contributed by atoms with Gasteiger partial charge in [0, 0.05) is 32.0 Å². The van der Waals surface area contributed by atoms with Crippen LogP contribution in [0.3, 0.4) is 0 Å². The molecule has 9 heteroatoms. The van der Waals surface area contributed by atoms with E-state index in [1.165, 1.54) is 6.26 Å². The maximum atomic E-state index is 11.6. The van der Waals surface area contributed by atoms with Crippen molar-refractivity contribution in [1.82, 2.24) is 10.6 Å². The zero-order valence-corrected chi connectivity index (χ0v) is 21.6. The number of hydrogen-bond donors (Lipinski definition) is 2. The summed E-state index contributed by atoms with van der Waals surface area (Å²) in [7, 11) is -1.55. The third kappa shape index (κ3) is 9.44. The molecule has 0 atom stereocenters. The van der Waals surface area contributed by atoms with Crippen LogP contribution in [-0.2, 0) is 27.7 Å². The summed E-state index contributed by atoms with van der Waals surface area (Å²) >= 11 is 0. The molecule has 31 heavy (non-hydrogen) atoms. The van der Waals surface area contributed by atoms with Crippen molar-refractivity contribution in [3.63, 3.8) is 0 Å². The van der Waals surface area contributed by atoms with Crippen molar-refractivity contribution in [2.75, 3.05) is 33.1 Å². The predicted octanol–water partition coefficient (Wildman–Crippen LogP) is 3.30. The average molecular weight is 561 g/mol. The Bertz CT molecular complexity index is 948. The quantitative estimate of drug-likeness (QED) is 0.200. The Balaban J connectivity index is 0.00000480. The fourth-order valence-electron chi connectivity index (χ4n) is 2.71. The summed E-state index contributed by atoms with van der Waals surface area (Å²) < 4.78 is 34.1. The standard InChI is InChI=1S/C22H31N3O4S.HI/c1-5-23-22(24-15-18-7-10-20(11-8-18)30(4,26)27)25-16-19-9-6-17(2)14-21(19)29-13-12-28-3;/h6-11,14H,5,12-13,15-16H2,1-4H3,(H2,23,24,25);1H. The molecule has 7 nitrogen and oxygen atoms in total. The zero-order valence-electron chi connectivity index (χ0n) is 18.5. The maximum Gasteiger partial charge on any atom is 0.191 e. The molecule has 0 radical (unpaired) electrons. The SMILES string of the molecule is CCNC(=NCc1ccc(S(C)(=O)=O)cc1)NCc1ccc(C)cc1OCCOC.I. The number of nitrogens with zero attached hydrogens (tertiary/aromatic N) is 1. The highest BCUT2D eigenvalue weighted by molar-refractivity contribution is 14.0. The van der Waals surface area contributed by atoms with E-state index in [-0.39, 0.29) is 24.0 Å². The van der Waals surface area contributed by atoms with Gasteiger partial charge in [-0.05, 0) is 43.2 Å². The second kappa shape index (κ2) is 13.5. The van der Waals surface area contributed by atoms with Crippen LogP contribution in [0, 0.1) is 6.92 Å². The number of aryl methyl sites for hydroxylation is 1. The summed E-state index contributed by atoms with van der Waals surface area (Å²) in [6.07, 6.45) is 1.20. The number of hydrogen-bond acceptors (Lipinski definition) is 5. The Labute approximate surface area is 202 Å². The number of sulfone groups is 1. The second-order valence-corrected chi connectivity index (χ2v) is 8.93. The molecule has 2 aromatic carbocycles. The number of nitrogens with one attached hydrogen (secondary N) is 2. The predicted molar refractivity (Wildman–Crippen MR) is 135 cm³/mol. The summed E-state index contributed by atoms with van der Waals surface area (Å²) in [4.78, 5) is 4.90. The minimum atomic E-state index is -3.19. The van der Waals surface area contributed by atoms with Crippen molar-refractivity contribution >= 4 is 39.8 Å². The van der Waals surface area contributed by atoms with Crippen molar-refractivity contribution in [2.24, 2.45) is 4.99 Å². The van der Waals surface area contributed by atoms with Crippen molar-refractivity contribution in [1.29, 1.82) is 0 Å². The molecule has 2 rings (SSSR count). The van der Waals surface area contributed by atoms with Crippen LogP contribution in [0.4, 0.5) is 0 Å². The first-order valence-electron chi connectivity index (χ1n) is 9.86. The van der Waals surface area contributed by atoms with Crippen LogP contribution in [0.1, 0.15) is 23.6 Å². The topological polar surface area (TPSA) is 89.0 Å². The monoisotopic (exact) mass is 561 g/mol. The fourth-order valence-corrected chi connectivity index (χ4v) is 3.34. The van der Waals surface area contributed by atoms with E-state index in [4.69, 9.17) is 9.47 Å². The maximum absolute atomic E-state index is 11.6. The summed E-state index contributed by atoms with van der Waals surface area (Å²) in [5.41, 5.74) is 3.09. The van der Waals surface area contributed by atoms with Crippen LogP contribution >= 0.6 is 24.0 Å². The fraction of sp³-hybridized carbons (Fsp3) is 0.409. The first-order valence-corrected chi connectivity index (χ1v) is 11.7. The van der Waals surface area contributed by atoms with Gasteiger partial charge < -0.3 is 20.1 Å². The Hall–Kier alpha value is -1.85. The van der Waals surface area contributed by atoms with E-state index >= 15 is 0 Å². The second-order valence-electron chi connectivity index (χ2n) is 6.92. The van der Waals surface area contributed by atoms with E-state index in [2.05, 4.69) is 15.6 Å². The molecule has 0 bridgehead atoms. The Morgan fingerprint density at radius 1 is 1.06 bits per heavy atom. The number of halogens is 1. The molecule has 0 saturated heterocycles. The van der Waals surface area contributed by atoms with Crippen molar-refractivity contribution < 1.29 is 17.9 Å². The molecule has 0 heterocycles. The number of methoxy groups -OCH3 is 1. The Morgan fingerprint density at radius 2 is 1.77 bits per heavy atom. The highest BCUT2D eigenvalue weighted by Gasteiger charge is 2.08. The van der Waals surface area contributed by atoms with Crippen LogP contribution in [0.5, 0.6) is 5.75 Å². The molecule has 2 N–H and O–H groups in total. The number of benzene rings is 2. The van der Waals surface area contributed by atoms with E-state index in [1.54, 1.807) is 31.4 Å². The third-order valence-corrected chi connectivity index (χ3v) is 5.46. The van der Waals surface area contributed by atoms with Gasteiger partial charge in [0.2, 0.25) is 0 Å². The third-order valence-electron chi connectivity index (χ3n) is 4.33. The first kappa shape index (κ1) is 27.2. The molecule has 0 aliphatic heterocycles. The smallest absolute Gasteiger partial charge is 0.191 e. The van der Waals surface area contributed by atoms with Crippen molar-refractivity contribution in [2.45, 2.75) is 31.8 Å². The number of rotatable bonds is 10. The molecule has 0 aliphatic rings. The highest BCUT2D eigenvalue weighted by atomic mass is 127. The lowest BCUT2D eigenvalue weighted by Crippen LogP contribution is -2.36. The zero-order chi connectivity index (χ0) is 22.0. The van der Waals surface area contributed by atoms with Gasteiger partial charge in [-0.1, -0.05) is 24.3 Å². The van der Waals surface area contributed by atoms with Gasteiger partial charge in [-0.2, -0.15) is 0 Å². The average Bonchev–Trinajstić information content (AvgIpc) is 2.71. The van der Waals surface area contributed by atoms with Gasteiger partial charge >= 0.3 is 0 Å². The molecule has 0 spiro atoms. The van der Waals surface area contributed by atoms with Gasteiger partial charge in [-0.3, -0.25) is 0 Å². The lowest BCUT2D eigenvalue weighted by atomic mass is 10.1. The molecular formula is C22H32IN3O4S. The van der Waals surface area contributed by atoms with Crippen LogP contribution in [0.25, 0.3) is 0 Å². The van der Waals surface area contributed by atoms with Crippen LogP contribution in [0.2, 0.25) is 0 Å². The lowest BCUT2D eigenvalue weighted by Gasteiger charge is -2.15. The van der Waals surface area contributed by atoms with Crippen LogP contribution in [0.15, 0.2) is 52.4 Å². The van der Waals surface area contributed by atoms with Crippen molar-refractivity contribution in [3.05, 3.63) is 59.2 Å². The van der Waals surface area contributed by atoms with E-state index in [0.29, 0.717) is 37.2 Å². The van der Waals surface area contributed by atoms with Gasteiger partial charge in [0.25, 0.3) is 0 Å². The molecule has 172 valence electrons. The molecule has 0 amide bonds. The van der Waals surface area contributed by atoms with Crippen LogP contribution < -0.4 is 15.4 Å². The van der Waals surface area contributed by atoms with E-state index < -0.39 is 9.84 Å². The molecule has 0 aliphatic carbocycles. The van der Waals surface area contributed by atoms with E-state index in [1.807, 2.05) is 32.0 Å². The number of guanidine groups is 1. The molecule has 0 aromatic heterocycles. The van der Waals surface area contributed by atoms with Gasteiger partial charge in [0.05, 0.1) is 18.0 Å². The van der Waals surface area contributed by atoms with E-state index in [9.17, 15) is 8.42 Å². The summed E-state index contributed by atoms with van der Waals surface area (Å²) in [5, 5.41) is 6.55. The normalized spacial score (nSPS) is 11.5. The Kier molecular flexibility index (Phi) is 11.9. The minimum Gasteiger partial charge on any atom is -0.491 e. The Morgan fingerprint density at radius 3 is 2.39 bits per heavy atom. The molecule has 0 unspecified atom stereocenters. The summed E-state index contributed by atoms with van der Waals surface area (Å²) in [6, 6.07) is 12.9. The molecule has 2 aromatic rings. The molecular weight excluding hydrogens is 529 g/mol. The minimum absolute atomic E-state index is 0. The number of aliphatic imine (C=N–C) groups is 1. The highest BCUT2D eigenvalue weighted by Crippen LogP contribution is 2.20. The van der Waals surface area contributed by atoms with E-state index in [0.717, 1.165) is 29.0 Å². The number of ether oxygens (including phenoxy) is 2. The van der Waals surface area contributed by atoms with Gasteiger partial charge in [-0.15, -0.1) is 24.0 Å².